The maximum absolute atomic E-state index is 2.43. The van der Waals surface area contributed by atoms with Gasteiger partial charge in [0.15, 0.2) is 0 Å². The van der Waals surface area contributed by atoms with Crippen LogP contribution in [0.25, 0.3) is 0 Å². The predicted molar refractivity (Wildman–Crippen MR) is 140 cm³/mol. The topological polar surface area (TPSA) is 0 Å². The van der Waals surface area contributed by atoms with E-state index in [1.807, 2.05) is 0 Å². The van der Waals surface area contributed by atoms with E-state index in [4.69, 9.17) is 0 Å². The van der Waals surface area contributed by atoms with Crippen molar-refractivity contribution in [1.29, 1.82) is 0 Å². The molecule has 0 aliphatic rings. The highest BCUT2D eigenvalue weighted by Gasteiger charge is 2.35. The molecule has 3 aromatic carbocycles. The molecule has 0 saturated heterocycles. The smallest absolute Gasteiger partial charge is 0.00545 e. The molecule has 158 valence electrons. The highest BCUT2D eigenvalue weighted by atomic mass is 31.1. The molecule has 0 nitrogen and oxygen atoms in total. The summed E-state index contributed by atoms with van der Waals surface area (Å²) >= 11 is 0. The molecule has 0 N–H and O–H groups in total. The van der Waals surface area contributed by atoms with Crippen molar-refractivity contribution in [2.45, 2.75) is 64.9 Å². The Kier molecular flexibility index (Phi) is 7.22. The third-order valence-corrected chi connectivity index (χ3v) is 12.0. The second-order valence-electron chi connectivity index (χ2n) is 10.0. The average Bonchev–Trinajstić information content (AvgIpc) is 2.67. The van der Waals surface area contributed by atoms with Crippen LogP contribution in [0, 0.1) is 6.92 Å². The van der Waals surface area contributed by atoms with Gasteiger partial charge in [-0.3, -0.25) is 0 Å². The number of hydrogen-bond donors (Lipinski definition) is 0. The molecular formula is C28H36P2. The first-order valence-corrected chi connectivity index (χ1v) is 13.7. The van der Waals surface area contributed by atoms with Crippen molar-refractivity contribution in [2.24, 2.45) is 0 Å². The molecule has 0 aliphatic heterocycles. The number of aryl methyl sites for hydroxylation is 1. The highest BCUT2D eigenvalue weighted by molar-refractivity contribution is 7.80. The van der Waals surface area contributed by atoms with E-state index in [0.717, 1.165) is 0 Å². The van der Waals surface area contributed by atoms with E-state index < -0.39 is 7.92 Å². The van der Waals surface area contributed by atoms with Gasteiger partial charge in [0.1, 0.15) is 0 Å². The first-order chi connectivity index (χ1) is 14.1. The van der Waals surface area contributed by atoms with Gasteiger partial charge in [-0.2, -0.15) is 0 Å². The fourth-order valence-electron chi connectivity index (χ4n) is 4.32. The molecule has 0 saturated carbocycles. The van der Waals surface area contributed by atoms with Gasteiger partial charge in [-0.1, -0.05) is 128 Å². The van der Waals surface area contributed by atoms with Gasteiger partial charge in [-0.15, -0.1) is 0 Å². The van der Waals surface area contributed by atoms with Gasteiger partial charge in [0, 0.05) is 0 Å². The van der Waals surface area contributed by atoms with E-state index in [1.165, 1.54) is 27.6 Å². The molecule has 0 bridgehead atoms. The molecule has 0 radical (unpaired) electrons. The Morgan fingerprint density at radius 1 is 0.600 bits per heavy atom. The molecule has 2 heteroatoms. The third-order valence-electron chi connectivity index (χ3n) is 5.59. The number of hydrogen-bond acceptors (Lipinski definition) is 0. The molecule has 30 heavy (non-hydrogen) atoms. The Bertz CT molecular complexity index is 894. The third kappa shape index (κ3) is 5.41. The summed E-state index contributed by atoms with van der Waals surface area (Å²) in [6, 6.07) is 29.2. The van der Waals surface area contributed by atoms with Crippen LogP contribution in [0.4, 0.5) is 0 Å². The minimum atomic E-state index is -0.575. The van der Waals surface area contributed by atoms with E-state index in [-0.39, 0.29) is 7.92 Å². The molecule has 0 amide bonds. The van der Waals surface area contributed by atoms with Crippen molar-refractivity contribution in [3.8, 4) is 0 Å². The molecule has 0 unspecified atom stereocenters. The highest BCUT2D eigenvalue weighted by Crippen LogP contribution is 2.61. The Morgan fingerprint density at radius 3 is 1.50 bits per heavy atom. The van der Waals surface area contributed by atoms with Gasteiger partial charge in [0.05, 0.1) is 0 Å². The van der Waals surface area contributed by atoms with Crippen LogP contribution >= 0.6 is 15.8 Å². The van der Waals surface area contributed by atoms with Gasteiger partial charge in [-0.25, -0.2) is 0 Å². The second kappa shape index (κ2) is 9.34. The van der Waals surface area contributed by atoms with Crippen LogP contribution in [0.5, 0.6) is 0 Å². The lowest BCUT2D eigenvalue weighted by Gasteiger charge is -2.42. The van der Waals surface area contributed by atoms with Gasteiger partial charge < -0.3 is 0 Å². The van der Waals surface area contributed by atoms with E-state index in [9.17, 15) is 0 Å². The minimum Gasteiger partial charge on any atom is -0.0911 e. The molecule has 3 aromatic rings. The Hall–Kier alpha value is -1.48. The minimum absolute atomic E-state index is 0.204. The van der Waals surface area contributed by atoms with Crippen LogP contribution in [-0.4, -0.2) is 10.3 Å². The quantitative estimate of drug-likeness (QED) is 0.369. The fourth-order valence-corrected chi connectivity index (χ4v) is 10.7. The lowest BCUT2D eigenvalue weighted by molar-refractivity contribution is 0.702. The average molecular weight is 435 g/mol. The maximum Gasteiger partial charge on any atom is -0.00545 e. The zero-order valence-corrected chi connectivity index (χ0v) is 21.4. The van der Waals surface area contributed by atoms with Crippen molar-refractivity contribution in [1.82, 2.24) is 0 Å². The van der Waals surface area contributed by atoms with Crippen LogP contribution in [0.3, 0.4) is 0 Å². The molecule has 0 aromatic heterocycles. The van der Waals surface area contributed by atoms with Crippen molar-refractivity contribution in [3.63, 3.8) is 0 Å². The number of rotatable bonds is 5. The van der Waals surface area contributed by atoms with Gasteiger partial charge >= 0.3 is 0 Å². The van der Waals surface area contributed by atoms with Crippen LogP contribution in [-0.2, 0) is 6.16 Å². The molecule has 0 heterocycles. The maximum atomic E-state index is 2.43. The first-order valence-electron chi connectivity index (χ1n) is 10.9. The SMILES string of the molecule is Cc1cccc(P(c2ccccc2)c2ccccc2)c1CP(C(C)(C)C)C(C)(C)C. The standard InChI is InChI=1S/C28H36P2/c1-22-15-14-20-26(25(22)21-29(27(2,3)4)28(5,6)7)30(23-16-10-8-11-17-23)24-18-12-9-13-19-24/h8-20H,21H2,1-7H3. The van der Waals surface area contributed by atoms with Crippen LogP contribution in [0.1, 0.15) is 52.7 Å². The molecule has 0 aliphatic carbocycles. The monoisotopic (exact) mass is 434 g/mol. The molecule has 0 atom stereocenters. The lowest BCUT2D eigenvalue weighted by atomic mass is 10.1. The van der Waals surface area contributed by atoms with E-state index in [2.05, 4.69) is 127 Å². The summed E-state index contributed by atoms with van der Waals surface area (Å²) in [7, 11) is -0.779. The molecule has 0 spiro atoms. The zero-order chi connectivity index (χ0) is 21.9. The van der Waals surface area contributed by atoms with Crippen molar-refractivity contribution in [3.05, 3.63) is 90.0 Å². The van der Waals surface area contributed by atoms with Crippen LogP contribution < -0.4 is 15.9 Å². The fraction of sp³-hybridized carbons (Fsp3) is 0.357. The van der Waals surface area contributed by atoms with E-state index in [0.29, 0.717) is 10.3 Å². The molecule has 3 rings (SSSR count). The number of benzene rings is 3. The summed E-state index contributed by atoms with van der Waals surface area (Å²) in [5.41, 5.74) is 3.01. The molecular weight excluding hydrogens is 398 g/mol. The summed E-state index contributed by atoms with van der Waals surface area (Å²) in [6.45, 7) is 16.9. The van der Waals surface area contributed by atoms with Crippen molar-refractivity contribution < 1.29 is 0 Å². The van der Waals surface area contributed by atoms with Crippen LogP contribution in [0.2, 0.25) is 0 Å². The largest absolute Gasteiger partial charge is 0.0911 e. The first kappa shape index (κ1) is 23.2. The summed E-state index contributed by atoms with van der Waals surface area (Å²) in [4.78, 5) is 0. The Morgan fingerprint density at radius 2 is 1.07 bits per heavy atom. The normalized spacial score (nSPS) is 12.6. The zero-order valence-electron chi connectivity index (χ0n) is 19.6. The van der Waals surface area contributed by atoms with Crippen LogP contribution in [0.15, 0.2) is 78.9 Å². The van der Waals surface area contributed by atoms with E-state index in [1.54, 1.807) is 5.56 Å². The van der Waals surface area contributed by atoms with E-state index >= 15 is 0 Å². The summed E-state index contributed by atoms with van der Waals surface area (Å²) in [5, 5.41) is 5.02. The lowest BCUT2D eigenvalue weighted by Crippen LogP contribution is -2.29. The van der Waals surface area contributed by atoms with Gasteiger partial charge in [0.25, 0.3) is 0 Å². The summed E-state index contributed by atoms with van der Waals surface area (Å²) in [6.07, 6.45) is 1.18. The summed E-state index contributed by atoms with van der Waals surface area (Å²) < 4.78 is 0. The summed E-state index contributed by atoms with van der Waals surface area (Å²) in [5.74, 6) is 0. The van der Waals surface area contributed by atoms with Gasteiger partial charge in [0.2, 0.25) is 0 Å². The second-order valence-corrected chi connectivity index (χ2v) is 16.0. The molecule has 0 fully saturated rings. The van der Waals surface area contributed by atoms with Gasteiger partial charge in [-0.05, 0) is 58.4 Å². The van der Waals surface area contributed by atoms with Crippen molar-refractivity contribution >= 4 is 31.8 Å². The predicted octanol–water partition coefficient (Wildman–Crippen LogP) is 7.33. The Labute approximate surface area is 186 Å². The Balaban J connectivity index is 2.18. The van der Waals surface area contributed by atoms with Crippen molar-refractivity contribution in [2.75, 3.05) is 0 Å².